The van der Waals surface area contributed by atoms with Crippen molar-refractivity contribution in [3.8, 4) is 0 Å². The zero-order valence-electron chi connectivity index (χ0n) is 16.6. The number of hydrogen-bond acceptors (Lipinski definition) is 5. The van der Waals surface area contributed by atoms with Crippen LogP contribution in [0.1, 0.15) is 34.8 Å². The Morgan fingerprint density at radius 2 is 2.07 bits per heavy atom. The molecule has 0 radical (unpaired) electrons. The van der Waals surface area contributed by atoms with Crippen molar-refractivity contribution in [3.05, 3.63) is 35.0 Å². The first-order valence-corrected chi connectivity index (χ1v) is 9.82. The molecular formula is C21H30N3O3+. The number of pyridine rings is 1. The van der Waals surface area contributed by atoms with Gasteiger partial charge in [-0.25, -0.2) is 4.79 Å². The van der Waals surface area contributed by atoms with Gasteiger partial charge in [-0.05, 0) is 32.4 Å². The normalized spacial score (nSPS) is 15.1. The lowest BCUT2D eigenvalue weighted by molar-refractivity contribution is -0.908. The fraction of sp³-hybridized carbons (Fsp3) is 0.524. The lowest BCUT2D eigenvalue weighted by Crippen LogP contribution is -3.14. The number of hydrogen-bond donors (Lipinski definition) is 2. The van der Waals surface area contributed by atoms with Crippen LogP contribution < -0.4 is 10.2 Å². The average molecular weight is 372 g/mol. The molecule has 2 aromatic rings. The molecule has 0 spiro atoms. The third kappa shape index (κ3) is 4.76. The Hall–Kier alpha value is -2.18. The molecule has 1 fully saturated rings. The Labute approximate surface area is 160 Å². The van der Waals surface area contributed by atoms with E-state index in [0.717, 1.165) is 73.5 Å². The van der Waals surface area contributed by atoms with Crippen molar-refractivity contribution in [2.75, 3.05) is 51.3 Å². The molecule has 0 aliphatic carbocycles. The van der Waals surface area contributed by atoms with Crippen LogP contribution >= 0.6 is 0 Å². The topological polar surface area (TPSA) is 64.9 Å². The number of rotatable bonds is 7. The molecule has 3 rings (SSSR count). The molecular weight excluding hydrogens is 342 g/mol. The van der Waals surface area contributed by atoms with Gasteiger partial charge in [0, 0.05) is 24.5 Å². The van der Waals surface area contributed by atoms with Gasteiger partial charge in [0.15, 0.2) is 0 Å². The highest BCUT2D eigenvalue weighted by atomic mass is 16.5. The van der Waals surface area contributed by atoms with Gasteiger partial charge in [0.2, 0.25) is 0 Å². The largest absolute Gasteiger partial charge is 0.462 e. The highest BCUT2D eigenvalue weighted by molar-refractivity contribution is 6.05. The van der Waals surface area contributed by atoms with Gasteiger partial charge in [-0.1, -0.05) is 11.6 Å². The van der Waals surface area contributed by atoms with Crippen LogP contribution in [0.15, 0.2) is 18.3 Å². The van der Waals surface area contributed by atoms with Gasteiger partial charge in [-0.15, -0.1) is 0 Å². The number of carbonyl (C=O) groups is 1. The van der Waals surface area contributed by atoms with Crippen molar-refractivity contribution in [1.29, 1.82) is 0 Å². The summed E-state index contributed by atoms with van der Waals surface area (Å²) in [7, 11) is 0. The van der Waals surface area contributed by atoms with Gasteiger partial charge in [-0.3, -0.25) is 4.98 Å². The van der Waals surface area contributed by atoms with Gasteiger partial charge < -0.3 is 19.7 Å². The standard InChI is InChI=1S/C21H29N3O3/c1-4-27-21(25)18-14-23-19-16(3)12-15(2)13-17(19)20(18)22-6-5-7-24-8-10-26-11-9-24/h12-14H,4-11H2,1-3H3,(H,22,23)/p+1. The molecule has 6 nitrogen and oxygen atoms in total. The molecule has 2 N–H and O–H groups in total. The van der Waals surface area contributed by atoms with Crippen LogP contribution in [0.25, 0.3) is 10.9 Å². The number of aromatic nitrogens is 1. The zero-order valence-corrected chi connectivity index (χ0v) is 16.6. The highest BCUT2D eigenvalue weighted by Crippen LogP contribution is 2.29. The van der Waals surface area contributed by atoms with Crippen LogP contribution in [-0.4, -0.2) is 57.0 Å². The van der Waals surface area contributed by atoms with E-state index in [2.05, 4.69) is 36.3 Å². The minimum absolute atomic E-state index is 0.327. The predicted molar refractivity (Wildman–Crippen MR) is 107 cm³/mol. The molecule has 27 heavy (non-hydrogen) atoms. The van der Waals surface area contributed by atoms with Crippen LogP contribution in [0.3, 0.4) is 0 Å². The Morgan fingerprint density at radius 1 is 1.30 bits per heavy atom. The van der Waals surface area contributed by atoms with E-state index >= 15 is 0 Å². The Morgan fingerprint density at radius 3 is 2.81 bits per heavy atom. The number of aryl methyl sites for hydroxylation is 2. The molecule has 1 aromatic heterocycles. The number of morpholine rings is 1. The summed E-state index contributed by atoms with van der Waals surface area (Å²) in [6.45, 7) is 12.0. The lowest BCUT2D eigenvalue weighted by Gasteiger charge is -2.24. The first-order valence-electron chi connectivity index (χ1n) is 9.82. The maximum Gasteiger partial charge on any atom is 0.341 e. The minimum atomic E-state index is -0.327. The minimum Gasteiger partial charge on any atom is -0.462 e. The molecule has 146 valence electrons. The smallest absolute Gasteiger partial charge is 0.341 e. The van der Waals surface area contributed by atoms with Crippen LogP contribution in [0.2, 0.25) is 0 Å². The quantitative estimate of drug-likeness (QED) is 0.573. The third-order valence-corrected chi connectivity index (χ3v) is 5.01. The lowest BCUT2D eigenvalue weighted by atomic mass is 10.0. The molecule has 1 aliphatic rings. The van der Waals surface area contributed by atoms with E-state index in [1.54, 1.807) is 11.1 Å². The number of quaternary nitrogens is 1. The van der Waals surface area contributed by atoms with Crippen molar-refractivity contribution in [2.45, 2.75) is 27.2 Å². The maximum atomic E-state index is 12.4. The van der Waals surface area contributed by atoms with E-state index in [0.29, 0.717) is 12.2 Å². The molecule has 1 aliphatic heterocycles. The second-order valence-corrected chi connectivity index (χ2v) is 7.14. The SMILES string of the molecule is CCOC(=O)c1cnc2c(C)cc(C)cc2c1NCCC[NH+]1CCOCC1. The molecule has 0 amide bonds. The maximum absolute atomic E-state index is 12.4. The Balaban J connectivity index is 1.81. The summed E-state index contributed by atoms with van der Waals surface area (Å²) in [5.41, 5.74) is 4.54. The molecule has 2 heterocycles. The first kappa shape index (κ1) is 19.6. The summed E-state index contributed by atoms with van der Waals surface area (Å²) in [6, 6.07) is 4.21. The molecule has 0 saturated carbocycles. The molecule has 6 heteroatoms. The monoisotopic (exact) mass is 372 g/mol. The zero-order chi connectivity index (χ0) is 19.2. The summed E-state index contributed by atoms with van der Waals surface area (Å²) in [5.74, 6) is -0.327. The number of fused-ring (bicyclic) bond motifs is 1. The number of esters is 1. The second kappa shape index (κ2) is 9.15. The van der Waals surface area contributed by atoms with Gasteiger partial charge in [0.25, 0.3) is 0 Å². The average Bonchev–Trinajstić information content (AvgIpc) is 2.66. The van der Waals surface area contributed by atoms with E-state index in [1.807, 2.05) is 6.92 Å². The number of benzene rings is 1. The third-order valence-electron chi connectivity index (χ3n) is 5.01. The van der Waals surface area contributed by atoms with Crippen LogP contribution in [-0.2, 0) is 9.47 Å². The summed E-state index contributed by atoms with van der Waals surface area (Å²) in [6.07, 6.45) is 2.67. The number of nitrogens with zero attached hydrogens (tertiary/aromatic N) is 1. The molecule has 0 atom stereocenters. The van der Waals surface area contributed by atoms with E-state index < -0.39 is 0 Å². The summed E-state index contributed by atoms with van der Waals surface area (Å²) in [5, 5.41) is 4.49. The first-order chi connectivity index (χ1) is 13.1. The second-order valence-electron chi connectivity index (χ2n) is 7.14. The van der Waals surface area contributed by atoms with Crippen LogP contribution in [0.5, 0.6) is 0 Å². The number of nitrogens with one attached hydrogen (secondary N) is 2. The van der Waals surface area contributed by atoms with E-state index in [4.69, 9.17) is 9.47 Å². The van der Waals surface area contributed by atoms with Gasteiger partial charge in [0.1, 0.15) is 18.7 Å². The molecule has 0 unspecified atom stereocenters. The predicted octanol–water partition coefficient (Wildman–Crippen LogP) is 1.75. The highest BCUT2D eigenvalue weighted by Gasteiger charge is 2.18. The van der Waals surface area contributed by atoms with Crippen molar-refractivity contribution in [2.24, 2.45) is 0 Å². The van der Waals surface area contributed by atoms with Crippen LogP contribution in [0, 0.1) is 13.8 Å². The molecule has 1 aromatic carbocycles. The number of anilines is 1. The van der Waals surface area contributed by atoms with Gasteiger partial charge >= 0.3 is 5.97 Å². The number of carbonyl (C=O) groups excluding carboxylic acids is 1. The summed E-state index contributed by atoms with van der Waals surface area (Å²) in [4.78, 5) is 18.6. The van der Waals surface area contributed by atoms with E-state index in [1.165, 1.54) is 0 Å². The molecule has 0 bridgehead atoms. The van der Waals surface area contributed by atoms with Crippen molar-refractivity contribution in [3.63, 3.8) is 0 Å². The summed E-state index contributed by atoms with van der Waals surface area (Å²) >= 11 is 0. The van der Waals surface area contributed by atoms with E-state index in [9.17, 15) is 4.79 Å². The van der Waals surface area contributed by atoms with Gasteiger partial charge in [-0.2, -0.15) is 0 Å². The van der Waals surface area contributed by atoms with Crippen molar-refractivity contribution >= 4 is 22.6 Å². The van der Waals surface area contributed by atoms with E-state index in [-0.39, 0.29) is 5.97 Å². The van der Waals surface area contributed by atoms with Crippen molar-refractivity contribution in [1.82, 2.24) is 4.98 Å². The van der Waals surface area contributed by atoms with Crippen molar-refractivity contribution < 1.29 is 19.2 Å². The fourth-order valence-corrected chi connectivity index (χ4v) is 3.68. The fourth-order valence-electron chi connectivity index (χ4n) is 3.68. The Kier molecular flexibility index (Phi) is 6.63. The van der Waals surface area contributed by atoms with Gasteiger partial charge in [0.05, 0.1) is 37.6 Å². The number of ether oxygens (including phenoxy) is 2. The summed E-state index contributed by atoms with van der Waals surface area (Å²) < 4.78 is 10.7. The van der Waals surface area contributed by atoms with Crippen LogP contribution in [0.4, 0.5) is 5.69 Å². The Bertz CT molecular complexity index is 801. The molecule has 1 saturated heterocycles.